The van der Waals surface area contributed by atoms with Gasteiger partial charge < -0.3 is 14.7 Å². The number of morpholine rings is 1. The summed E-state index contributed by atoms with van der Waals surface area (Å²) in [4.78, 5) is 4.38. The van der Waals surface area contributed by atoms with Gasteiger partial charge in [-0.1, -0.05) is 18.2 Å². The van der Waals surface area contributed by atoms with Gasteiger partial charge in [0.15, 0.2) is 0 Å². The van der Waals surface area contributed by atoms with Crippen LogP contribution in [0.4, 0.5) is 4.39 Å². The minimum absolute atomic E-state index is 0.346. The van der Waals surface area contributed by atoms with E-state index in [0.29, 0.717) is 12.1 Å². The molecule has 1 atom stereocenters. The molecule has 1 unspecified atom stereocenters. The minimum atomic E-state index is -0.786. The Labute approximate surface area is 119 Å². The summed E-state index contributed by atoms with van der Waals surface area (Å²) in [6.45, 7) is 5.75. The molecule has 112 valence electrons. The molecule has 0 aliphatic carbocycles. The Morgan fingerprint density at radius 3 is 2.75 bits per heavy atom. The van der Waals surface area contributed by atoms with E-state index in [-0.39, 0.29) is 5.82 Å². The van der Waals surface area contributed by atoms with Gasteiger partial charge in [0.2, 0.25) is 0 Å². The van der Waals surface area contributed by atoms with Crippen LogP contribution in [0.3, 0.4) is 0 Å². The fourth-order valence-corrected chi connectivity index (χ4v) is 2.37. The van der Waals surface area contributed by atoms with Gasteiger partial charge in [-0.25, -0.2) is 4.39 Å². The van der Waals surface area contributed by atoms with E-state index in [1.807, 2.05) is 11.9 Å². The van der Waals surface area contributed by atoms with Gasteiger partial charge in [0.25, 0.3) is 0 Å². The Morgan fingerprint density at radius 2 is 2.05 bits per heavy atom. The van der Waals surface area contributed by atoms with Gasteiger partial charge in [0.05, 0.1) is 19.3 Å². The van der Waals surface area contributed by atoms with E-state index < -0.39 is 6.10 Å². The van der Waals surface area contributed by atoms with E-state index in [9.17, 15) is 9.50 Å². The smallest absolute Gasteiger partial charge is 0.129 e. The minimum Gasteiger partial charge on any atom is -0.387 e. The summed E-state index contributed by atoms with van der Waals surface area (Å²) in [6, 6.07) is 6.39. The van der Waals surface area contributed by atoms with Crippen LogP contribution in [0.5, 0.6) is 0 Å². The standard InChI is InChI=1S/C15H23FN2O2/c1-17(6-7-18-8-10-20-11-9-18)12-15(19)13-4-2-3-5-14(13)16/h2-5,15,19H,6-12H2,1H3. The van der Waals surface area contributed by atoms with Gasteiger partial charge in [-0.05, 0) is 13.1 Å². The number of hydrogen-bond acceptors (Lipinski definition) is 4. The van der Waals surface area contributed by atoms with Gasteiger partial charge in [0.1, 0.15) is 5.82 Å². The summed E-state index contributed by atoms with van der Waals surface area (Å²) in [5.74, 6) is -0.346. The van der Waals surface area contributed by atoms with E-state index >= 15 is 0 Å². The summed E-state index contributed by atoms with van der Waals surface area (Å²) in [6.07, 6.45) is -0.786. The molecule has 0 aromatic heterocycles. The van der Waals surface area contributed by atoms with Crippen LogP contribution in [0.15, 0.2) is 24.3 Å². The van der Waals surface area contributed by atoms with Crippen LogP contribution in [-0.2, 0) is 4.74 Å². The summed E-state index contributed by atoms with van der Waals surface area (Å²) in [7, 11) is 1.95. The van der Waals surface area contributed by atoms with Gasteiger partial charge in [-0.2, -0.15) is 0 Å². The van der Waals surface area contributed by atoms with Crippen molar-refractivity contribution in [3.8, 4) is 0 Å². The molecule has 1 aromatic carbocycles. The second-order valence-electron chi connectivity index (χ2n) is 5.25. The summed E-state index contributed by atoms with van der Waals surface area (Å²) in [5, 5.41) is 10.1. The molecule has 1 saturated heterocycles. The predicted molar refractivity (Wildman–Crippen MR) is 76.1 cm³/mol. The molecular formula is C15H23FN2O2. The molecule has 0 bridgehead atoms. The molecule has 1 heterocycles. The van der Waals surface area contributed by atoms with Crippen molar-refractivity contribution < 1.29 is 14.2 Å². The van der Waals surface area contributed by atoms with E-state index in [1.54, 1.807) is 18.2 Å². The molecule has 1 aliphatic rings. The Morgan fingerprint density at radius 1 is 1.35 bits per heavy atom. The van der Waals surface area contributed by atoms with Gasteiger partial charge in [-0.3, -0.25) is 4.90 Å². The Hall–Kier alpha value is -1.01. The summed E-state index contributed by atoms with van der Waals surface area (Å²) < 4.78 is 18.9. The van der Waals surface area contributed by atoms with Crippen molar-refractivity contribution in [3.05, 3.63) is 35.6 Å². The zero-order valence-corrected chi connectivity index (χ0v) is 12.0. The molecule has 0 radical (unpaired) electrons. The number of aliphatic hydroxyl groups excluding tert-OH is 1. The van der Waals surface area contributed by atoms with Gasteiger partial charge in [-0.15, -0.1) is 0 Å². The number of benzene rings is 1. The first-order chi connectivity index (χ1) is 9.66. The highest BCUT2D eigenvalue weighted by Crippen LogP contribution is 2.17. The zero-order valence-electron chi connectivity index (χ0n) is 12.0. The largest absolute Gasteiger partial charge is 0.387 e. The maximum absolute atomic E-state index is 13.6. The molecule has 4 nitrogen and oxygen atoms in total. The maximum atomic E-state index is 13.6. The molecule has 0 saturated carbocycles. The number of aliphatic hydroxyl groups is 1. The quantitative estimate of drug-likeness (QED) is 0.848. The van der Waals surface area contributed by atoms with E-state index in [0.717, 1.165) is 39.4 Å². The van der Waals surface area contributed by atoms with Crippen LogP contribution in [0.25, 0.3) is 0 Å². The fraction of sp³-hybridized carbons (Fsp3) is 0.600. The van der Waals surface area contributed by atoms with Crippen molar-refractivity contribution in [1.82, 2.24) is 9.80 Å². The highest BCUT2D eigenvalue weighted by molar-refractivity contribution is 5.19. The van der Waals surface area contributed by atoms with E-state index in [1.165, 1.54) is 6.07 Å². The molecule has 2 rings (SSSR count). The maximum Gasteiger partial charge on any atom is 0.129 e. The third kappa shape index (κ3) is 4.52. The van der Waals surface area contributed by atoms with Crippen molar-refractivity contribution in [2.45, 2.75) is 6.10 Å². The molecule has 1 aromatic rings. The monoisotopic (exact) mass is 282 g/mol. The van der Waals surface area contributed by atoms with Crippen molar-refractivity contribution in [2.24, 2.45) is 0 Å². The molecule has 1 N–H and O–H groups in total. The lowest BCUT2D eigenvalue weighted by Gasteiger charge is -2.29. The lowest BCUT2D eigenvalue weighted by atomic mass is 10.1. The Bertz CT molecular complexity index is 411. The topological polar surface area (TPSA) is 35.9 Å². The number of ether oxygens (including phenoxy) is 1. The highest BCUT2D eigenvalue weighted by atomic mass is 19.1. The molecule has 1 aliphatic heterocycles. The van der Waals surface area contributed by atoms with E-state index in [2.05, 4.69) is 4.90 Å². The molecule has 0 spiro atoms. The first kappa shape index (κ1) is 15.4. The number of likely N-dealkylation sites (N-methyl/N-ethyl adjacent to an activating group) is 1. The van der Waals surface area contributed by atoms with Crippen molar-refractivity contribution in [3.63, 3.8) is 0 Å². The predicted octanol–water partition coefficient (Wildman–Crippen LogP) is 1.12. The van der Waals surface area contributed by atoms with E-state index in [4.69, 9.17) is 4.74 Å². The van der Waals surface area contributed by atoms with Gasteiger partial charge in [0, 0.05) is 38.3 Å². The summed E-state index contributed by atoms with van der Waals surface area (Å²) >= 11 is 0. The van der Waals surface area contributed by atoms with Crippen LogP contribution in [-0.4, -0.2) is 67.9 Å². The number of halogens is 1. The molecule has 20 heavy (non-hydrogen) atoms. The van der Waals surface area contributed by atoms with Crippen molar-refractivity contribution in [2.75, 3.05) is 53.0 Å². The number of hydrogen-bond donors (Lipinski definition) is 1. The van der Waals surface area contributed by atoms with Crippen LogP contribution in [0.1, 0.15) is 11.7 Å². The van der Waals surface area contributed by atoms with Crippen molar-refractivity contribution >= 4 is 0 Å². The third-order valence-corrected chi connectivity index (χ3v) is 3.65. The molecule has 1 fully saturated rings. The van der Waals surface area contributed by atoms with Crippen molar-refractivity contribution in [1.29, 1.82) is 0 Å². The highest BCUT2D eigenvalue weighted by Gasteiger charge is 2.16. The van der Waals surface area contributed by atoms with Gasteiger partial charge >= 0.3 is 0 Å². The van der Waals surface area contributed by atoms with Crippen LogP contribution >= 0.6 is 0 Å². The number of nitrogens with zero attached hydrogens (tertiary/aromatic N) is 2. The van der Waals surface area contributed by atoms with Crippen LogP contribution in [0.2, 0.25) is 0 Å². The third-order valence-electron chi connectivity index (χ3n) is 3.65. The molecule has 0 amide bonds. The van der Waals surface area contributed by atoms with Crippen LogP contribution in [0, 0.1) is 5.82 Å². The molecule has 5 heteroatoms. The zero-order chi connectivity index (χ0) is 14.4. The first-order valence-electron chi connectivity index (χ1n) is 7.08. The normalized spacial score (nSPS) is 18.4. The first-order valence-corrected chi connectivity index (χ1v) is 7.08. The second-order valence-corrected chi connectivity index (χ2v) is 5.25. The molecular weight excluding hydrogens is 259 g/mol. The second kappa shape index (κ2) is 7.69. The fourth-order valence-electron chi connectivity index (χ4n) is 2.37. The van der Waals surface area contributed by atoms with Crippen LogP contribution < -0.4 is 0 Å². The SMILES string of the molecule is CN(CCN1CCOCC1)CC(O)c1ccccc1F. The summed E-state index contributed by atoms with van der Waals surface area (Å²) in [5.41, 5.74) is 0.366. The lowest BCUT2D eigenvalue weighted by molar-refractivity contribution is 0.0318. The average Bonchev–Trinajstić information content (AvgIpc) is 2.46. The Kier molecular flexibility index (Phi) is 5.91. The average molecular weight is 282 g/mol. The number of rotatable bonds is 6. The Balaban J connectivity index is 1.76. The lowest BCUT2D eigenvalue weighted by Crippen LogP contribution is -2.41.